The van der Waals surface area contributed by atoms with Gasteiger partial charge < -0.3 is 5.32 Å². The van der Waals surface area contributed by atoms with E-state index in [2.05, 4.69) is 5.32 Å². The van der Waals surface area contributed by atoms with Gasteiger partial charge in [-0.1, -0.05) is 14.5 Å². The van der Waals surface area contributed by atoms with E-state index in [0.29, 0.717) is 6.54 Å². The van der Waals surface area contributed by atoms with Gasteiger partial charge >= 0.3 is 0 Å². The van der Waals surface area contributed by atoms with Crippen LogP contribution in [0.15, 0.2) is 30.6 Å². The van der Waals surface area contributed by atoms with E-state index in [1.165, 1.54) is 0 Å². The number of rotatable bonds is 2. The van der Waals surface area contributed by atoms with Crippen LogP contribution in [0.3, 0.4) is 0 Å². The van der Waals surface area contributed by atoms with Gasteiger partial charge in [0.25, 0.3) is 5.91 Å². The van der Waals surface area contributed by atoms with Crippen LogP contribution in [0.1, 0.15) is 0 Å². The lowest BCUT2D eigenvalue weighted by molar-refractivity contribution is -0.684. The number of nitrogens with one attached hydrogen (secondary N) is 1. The minimum atomic E-state index is 0. The van der Waals surface area contributed by atoms with E-state index in [-0.39, 0.29) is 14.3 Å². The molecular formula is C8H15BN2O. The third-order valence-corrected chi connectivity index (χ3v) is 1.38. The Bertz CT molecular complexity index is 238. The number of likely N-dealkylation sites (N-methyl/N-ethyl adjacent to an activating group) is 1. The monoisotopic (exact) mass is 166 g/mol. The molecule has 3 nitrogen and oxygen atoms in total. The highest BCUT2D eigenvalue weighted by Crippen LogP contribution is 1.76. The Balaban J connectivity index is 0.00000121. The molecule has 0 fully saturated rings. The lowest BCUT2D eigenvalue weighted by atomic mass is 10.4. The van der Waals surface area contributed by atoms with Crippen LogP contribution in [0.5, 0.6) is 0 Å². The summed E-state index contributed by atoms with van der Waals surface area (Å²) in [6.07, 6.45) is 3.71. The average molecular weight is 166 g/mol. The van der Waals surface area contributed by atoms with Crippen molar-refractivity contribution in [3.05, 3.63) is 30.6 Å². The molecule has 0 unspecified atom stereocenters. The maximum Gasteiger partial charge on any atom is 0.285 e. The lowest BCUT2D eigenvalue weighted by Gasteiger charge is -1.93. The molecule has 0 spiro atoms. The maximum atomic E-state index is 10.8. The summed E-state index contributed by atoms with van der Waals surface area (Å²) in [5, 5.41) is 2.55. The number of hydrogen-bond donors (Lipinski definition) is 1. The summed E-state index contributed by atoms with van der Waals surface area (Å²) < 4.78 is 1.82. The Labute approximate surface area is 74.0 Å². The number of carbonyl (C=O) groups is 1. The fourth-order valence-electron chi connectivity index (χ4n) is 0.785. The minimum Gasteiger partial charge on any atom is -0.354 e. The summed E-state index contributed by atoms with van der Waals surface area (Å²) in [6, 6.07) is 5.70. The maximum absolute atomic E-state index is 10.8. The lowest BCUT2D eigenvalue weighted by Crippen LogP contribution is -2.41. The van der Waals surface area contributed by atoms with Crippen molar-refractivity contribution in [3.63, 3.8) is 0 Å². The number of nitrogens with zero attached hydrogens (tertiary/aromatic N) is 1. The van der Waals surface area contributed by atoms with E-state index in [0.717, 1.165) is 0 Å². The third-order valence-electron chi connectivity index (χ3n) is 1.38. The molecule has 0 aliphatic carbocycles. The molecule has 0 saturated carbocycles. The van der Waals surface area contributed by atoms with E-state index in [1.54, 1.807) is 7.05 Å². The number of carbonyl (C=O) groups excluding carboxylic acids is 1. The van der Waals surface area contributed by atoms with E-state index in [9.17, 15) is 4.79 Å². The van der Waals surface area contributed by atoms with Gasteiger partial charge in [-0.2, -0.15) is 4.57 Å². The largest absolute Gasteiger partial charge is 0.354 e. The second kappa shape index (κ2) is 5.35. The van der Waals surface area contributed by atoms with E-state index >= 15 is 0 Å². The molecule has 0 bridgehead atoms. The van der Waals surface area contributed by atoms with Crippen molar-refractivity contribution >= 4 is 14.3 Å². The summed E-state index contributed by atoms with van der Waals surface area (Å²) in [7, 11) is 1.63. The van der Waals surface area contributed by atoms with Crippen molar-refractivity contribution in [1.29, 1.82) is 0 Å². The van der Waals surface area contributed by atoms with Crippen molar-refractivity contribution in [2.45, 2.75) is 6.54 Å². The Morgan fingerprint density at radius 3 is 2.42 bits per heavy atom. The molecular weight excluding hydrogens is 151 g/mol. The van der Waals surface area contributed by atoms with E-state index < -0.39 is 0 Å². The summed E-state index contributed by atoms with van der Waals surface area (Å²) in [5.41, 5.74) is 0. The molecule has 1 N–H and O–H groups in total. The van der Waals surface area contributed by atoms with Crippen LogP contribution in [0.4, 0.5) is 0 Å². The van der Waals surface area contributed by atoms with Gasteiger partial charge in [-0.05, 0) is 0 Å². The summed E-state index contributed by atoms with van der Waals surface area (Å²) in [4.78, 5) is 10.8. The molecule has 1 aromatic rings. The van der Waals surface area contributed by atoms with Gasteiger partial charge in [0, 0.05) is 19.2 Å². The highest BCUT2D eigenvalue weighted by Gasteiger charge is 2.03. The standard InChI is InChI=1S/C8H10N2O.BH4/c1-9-8(11)7-10-5-3-2-4-6-10;/h2-6H,7H2,1H3;1H4/q;-1/p+1. The molecule has 0 radical (unpaired) electrons. The molecule has 1 amide bonds. The van der Waals surface area contributed by atoms with E-state index in [1.807, 2.05) is 35.2 Å². The van der Waals surface area contributed by atoms with Crippen LogP contribution in [-0.4, -0.2) is 21.4 Å². The molecule has 1 heterocycles. The van der Waals surface area contributed by atoms with Crippen LogP contribution in [0.25, 0.3) is 0 Å². The quantitative estimate of drug-likeness (QED) is 0.411. The van der Waals surface area contributed by atoms with Crippen LogP contribution in [-0.2, 0) is 11.3 Å². The molecule has 4 heteroatoms. The van der Waals surface area contributed by atoms with Crippen LogP contribution >= 0.6 is 0 Å². The number of pyridine rings is 1. The minimum absolute atomic E-state index is 0. The fourth-order valence-corrected chi connectivity index (χ4v) is 0.785. The highest BCUT2D eigenvalue weighted by molar-refractivity contribution is 5.75. The van der Waals surface area contributed by atoms with Gasteiger partial charge in [-0.25, -0.2) is 0 Å². The topological polar surface area (TPSA) is 33.0 Å². The smallest absolute Gasteiger partial charge is 0.285 e. The van der Waals surface area contributed by atoms with Crippen molar-refractivity contribution in [3.8, 4) is 0 Å². The molecule has 0 aromatic carbocycles. The molecule has 12 heavy (non-hydrogen) atoms. The molecule has 0 atom stereocenters. The Morgan fingerprint density at radius 1 is 1.33 bits per heavy atom. The zero-order valence-corrected chi connectivity index (χ0v) is 6.45. The molecule has 0 aliphatic heterocycles. The first-order valence-corrected chi connectivity index (χ1v) is 3.47. The summed E-state index contributed by atoms with van der Waals surface area (Å²) in [5.74, 6) is 0.0150. The van der Waals surface area contributed by atoms with Crippen LogP contribution in [0.2, 0.25) is 0 Å². The molecule has 1 aromatic heterocycles. The summed E-state index contributed by atoms with van der Waals surface area (Å²) in [6.45, 7) is 0.386. The Hall–Kier alpha value is -1.32. The highest BCUT2D eigenvalue weighted by atomic mass is 16.1. The average Bonchev–Trinajstić information content (AvgIpc) is 2.06. The predicted octanol–water partition coefficient (Wildman–Crippen LogP) is -1.73. The fraction of sp³-hybridized carbons (Fsp3) is 0.250. The first kappa shape index (κ1) is 10.7. The van der Waals surface area contributed by atoms with Gasteiger partial charge in [0.1, 0.15) is 0 Å². The number of amides is 1. The van der Waals surface area contributed by atoms with Gasteiger partial charge in [0.05, 0.1) is 0 Å². The zero-order valence-electron chi connectivity index (χ0n) is 6.45. The molecule has 0 saturated heterocycles. The second-order valence-corrected chi connectivity index (χ2v) is 2.22. The summed E-state index contributed by atoms with van der Waals surface area (Å²) >= 11 is 0. The first-order chi connectivity index (χ1) is 5.33. The zero-order chi connectivity index (χ0) is 8.10. The molecule has 1 rings (SSSR count). The normalized spacial score (nSPS) is 8.42. The third kappa shape index (κ3) is 3.19. The second-order valence-electron chi connectivity index (χ2n) is 2.22. The van der Waals surface area contributed by atoms with Gasteiger partial charge in [-0.15, -0.1) is 0 Å². The van der Waals surface area contributed by atoms with Crippen molar-refractivity contribution in [2.24, 2.45) is 0 Å². The van der Waals surface area contributed by atoms with Gasteiger partial charge in [0.2, 0.25) is 6.54 Å². The van der Waals surface area contributed by atoms with Crippen molar-refractivity contribution in [2.75, 3.05) is 7.05 Å². The van der Waals surface area contributed by atoms with Crippen LogP contribution < -0.4 is 9.88 Å². The van der Waals surface area contributed by atoms with Crippen LogP contribution in [0, 0.1) is 0 Å². The Kier molecular flexibility index (Phi) is 4.76. The predicted molar refractivity (Wildman–Crippen MR) is 52.0 cm³/mol. The van der Waals surface area contributed by atoms with Gasteiger partial charge in [0.15, 0.2) is 12.4 Å². The van der Waals surface area contributed by atoms with Crippen molar-refractivity contribution in [1.82, 2.24) is 5.32 Å². The molecule has 0 aliphatic rings. The first-order valence-electron chi connectivity index (χ1n) is 3.47. The SMILES string of the molecule is CNC(=O)C[n+]1ccccc1.[BH4-]. The number of hydrogen-bond acceptors (Lipinski definition) is 1. The Morgan fingerprint density at radius 2 is 1.92 bits per heavy atom. The van der Waals surface area contributed by atoms with E-state index in [4.69, 9.17) is 0 Å². The molecule has 66 valence electrons. The van der Waals surface area contributed by atoms with Crippen molar-refractivity contribution < 1.29 is 9.36 Å². The van der Waals surface area contributed by atoms with Gasteiger partial charge in [-0.3, -0.25) is 4.79 Å². The number of aromatic nitrogens is 1.